The van der Waals surface area contributed by atoms with Crippen molar-refractivity contribution < 1.29 is 4.79 Å². The maximum absolute atomic E-state index is 10.9. The van der Waals surface area contributed by atoms with Gasteiger partial charge in [0.25, 0.3) is 0 Å². The van der Waals surface area contributed by atoms with Crippen molar-refractivity contribution in [3.05, 3.63) is 59.1 Å². The summed E-state index contributed by atoms with van der Waals surface area (Å²) >= 11 is 6.04. The number of aromatic nitrogens is 1. The summed E-state index contributed by atoms with van der Waals surface area (Å²) in [7, 11) is 0. The van der Waals surface area contributed by atoms with Gasteiger partial charge in [-0.15, -0.1) is 11.3 Å². The number of carbonyl (C=O) groups excluding carboxylic acids is 1. The lowest BCUT2D eigenvalue weighted by Gasteiger charge is -2.47. The fraction of sp³-hybridized carbons (Fsp3) is 0.364. The van der Waals surface area contributed by atoms with Crippen LogP contribution >= 0.6 is 24.0 Å². The Labute approximate surface area is 170 Å². The molecule has 1 aromatic heterocycles. The molecule has 3 nitrogen and oxygen atoms in total. The van der Waals surface area contributed by atoms with Gasteiger partial charge in [-0.3, -0.25) is 4.79 Å². The molecule has 0 radical (unpaired) electrons. The fourth-order valence-electron chi connectivity index (χ4n) is 3.91. The first-order valence-electron chi connectivity index (χ1n) is 9.22. The van der Waals surface area contributed by atoms with Gasteiger partial charge in [-0.05, 0) is 62.1 Å². The largest absolute Gasteiger partial charge is 0.365 e. The van der Waals surface area contributed by atoms with Crippen molar-refractivity contribution in [2.24, 2.45) is 0 Å². The van der Waals surface area contributed by atoms with Gasteiger partial charge in [-0.1, -0.05) is 19.1 Å². The molecular weight excluding hydrogens is 372 g/mol. The number of nitrogens with zero attached hydrogens (tertiary/aromatic N) is 2. The molecule has 2 aromatic carbocycles. The summed E-state index contributed by atoms with van der Waals surface area (Å²) in [5.41, 5.74) is 6.44. The molecule has 0 N–H and O–H groups in total. The van der Waals surface area contributed by atoms with Crippen LogP contribution in [0.1, 0.15) is 49.0 Å². The van der Waals surface area contributed by atoms with Crippen LogP contribution in [0.2, 0.25) is 0 Å². The molecule has 0 saturated heterocycles. The van der Waals surface area contributed by atoms with Gasteiger partial charge >= 0.3 is 0 Å². The number of carbonyl (C=O) groups is 1. The van der Waals surface area contributed by atoms with Gasteiger partial charge in [0.2, 0.25) is 0 Å². The molecule has 1 aliphatic rings. The summed E-state index contributed by atoms with van der Waals surface area (Å²) in [5, 5.41) is 0. The number of hydrogen-bond acceptors (Lipinski definition) is 5. The number of fused-ring (bicyclic) bond motifs is 2. The number of thiol groups is 1. The van der Waals surface area contributed by atoms with E-state index in [-0.39, 0.29) is 5.54 Å². The Morgan fingerprint density at radius 1 is 1.30 bits per heavy atom. The lowest BCUT2D eigenvalue weighted by Crippen LogP contribution is -2.49. The second kappa shape index (κ2) is 8.44. The van der Waals surface area contributed by atoms with Gasteiger partial charge in [0.05, 0.1) is 15.7 Å². The highest BCUT2D eigenvalue weighted by molar-refractivity contribution is 7.80. The van der Waals surface area contributed by atoms with Crippen molar-refractivity contribution >= 4 is 46.2 Å². The monoisotopic (exact) mass is 398 g/mol. The minimum absolute atomic E-state index is 0.151. The van der Waals surface area contributed by atoms with E-state index < -0.39 is 0 Å². The number of anilines is 1. The van der Waals surface area contributed by atoms with Crippen molar-refractivity contribution in [1.82, 2.24) is 4.98 Å². The fourth-order valence-corrected chi connectivity index (χ4v) is 4.79. The highest BCUT2D eigenvalue weighted by atomic mass is 32.1. The molecule has 1 atom stereocenters. The second-order valence-electron chi connectivity index (χ2n) is 7.55. The van der Waals surface area contributed by atoms with E-state index >= 15 is 0 Å². The molecule has 142 valence electrons. The van der Waals surface area contributed by atoms with E-state index in [1.54, 1.807) is 11.3 Å². The number of hydrogen-bond donors (Lipinski definition) is 1. The summed E-state index contributed by atoms with van der Waals surface area (Å²) < 4.78 is 1.26. The van der Waals surface area contributed by atoms with Gasteiger partial charge in [0, 0.05) is 29.1 Å². The molecule has 27 heavy (non-hydrogen) atoms. The molecule has 5 heteroatoms. The van der Waals surface area contributed by atoms with Crippen molar-refractivity contribution in [3.8, 4) is 0 Å². The summed E-state index contributed by atoms with van der Waals surface area (Å²) in [6, 6.07) is 14.2. The molecule has 0 bridgehead atoms. The molecule has 4 rings (SSSR count). The number of aldehydes is 1. The maximum Gasteiger partial charge on any atom is 0.150 e. The molecule has 1 aliphatic heterocycles. The molecule has 1 unspecified atom stereocenters. The van der Waals surface area contributed by atoms with Crippen molar-refractivity contribution in [3.63, 3.8) is 0 Å². The van der Waals surface area contributed by atoms with Crippen LogP contribution < -0.4 is 4.90 Å². The number of benzene rings is 2. The van der Waals surface area contributed by atoms with E-state index in [1.807, 2.05) is 35.8 Å². The van der Waals surface area contributed by atoms with Crippen LogP contribution in [0, 0.1) is 0 Å². The van der Waals surface area contributed by atoms with Gasteiger partial charge in [0.1, 0.15) is 6.29 Å². The Morgan fingerprint density at radius 2 is 2.07 bits per heavy atom. The van der Waals surface area contributed by atoms with E-state index in [1.165, 1.54) is 16.0 Å². The number of para-hydroxylation sites is 1. The van der Waals surface area contributed by atoms with Crippen molar-refractivity contribution in [1.29, 1.82) is 0 Å². The summed E-state index contributed by atoms with van der Waals surface area (Å²) in [6.45, 7) is 7.75. The Morgan fingerprint density at radius 3 is 2.78 bits per heavy atom. The smallest absolute Gasteiger partial charge is 0.150 e. The zero-order valence-corrected chi connectivity index (χ0v) is 17.8. The van der Waals surface area contributed by atoms with Crippen LogP contribution in [-0.2, 0) is 0 Å². The van der Waals surface area contributed by atoms with Crippen LogP contribution in [0.3, 0.4) is 0 Å². The number of thiazole rings is 1. The SMILES string of the molecule is CC1CC(C)(C)N(CCS)c2ccc(C=O)cc21.c1ccc2scnc2c1. The average molecular weight is 399 g/mol. The Kier molecular flexibility index (Phi) is 6.22. The zero-order chi connectivity index (χ0) is 19.4. The first kappa shape index (κ1) is 19.9. The molecule has 3 aromatic rings. The summed E-state index contributed by atoms with van der Waals surface area (Å²) in [6.07, 6.45) is 2.03. The van der Waals surface area contributed by atoms with Crippen LogP contribution in [0.4, 0.5) is 5.69 Å². The average Bonchev–Trinajstić information content (AvgIpc) is 3.14. The summed E-state index contributed by atoms with van der Waals surface area (Å²) in [4.78, 5) is 17.5. The first-order valence-corrected chi connectivity index (χ1v) is 10.7. The maximum atomic E-state index is 10.9. The van der Waals surface area contributed by atoms with E-state index in [9.17, 15) is 4.79 Å². The second-order valence-corrected chi connectivity index (χ2v) is 8.88. The normalized spacial score (nSPS) is 17.8. The molecule has 0 spiro atoms. The molecule has 0 amide bonds. The molecule has 0 fully saturated rings. The van der Waals surface area contributed by atoms with Gasteiger partial charge in [0.15, 0.2) is 0 Å². The number of rotatable bonds is 3. The minimum atomic E-state index is 0.151. The van der Waals surface area contributed by atoms with E-state index in [0.29, 0.717) is 5.92 Å². The Bertz CT molecular complexity index is 889. The Balaban J connectivity index is 0.000000193. The molecule has 2 heterocycles. The quantitative estimate of drug-likeness (QED) is 0.446. The zero-order valence-electron chi connectivity index (χ0n) is 16.1. The third-order valence-corrected chi connectivity index (χ3v) is 6.12. The molecule has 0 aliphatic carbocycles. The minimum Gasteiger partial charge on any atom is -0.365 e. The summed E-state index contributed by atoms with van der Waals surface area (Å²) in [5.74, 6) is 1.33. The van der Waals surface area contributed by atoms with E-state index in [4.69, 9.17) is 0 Å². The first-order chi connectivity index (χ1) is 13.0. The predicted molar refractivity (Wildman–Crippen MR) is 120 cm³/mol. The van der Waals surface area contributed by atoms with E-state index in [2.05, 4.69) is 55.4 Å². The van der Waals surface area contributed by atoms with Crippen molar-refractivity contribution in [2.45, 2.75) is 38.6 Å². The van der Waals surface area contributed by atoms with Crippen LogP contribution in [0.15, 0.2) is 48.0 Å². The lowest BCUT2D eigenvalue weighted by molar-refractivity contribution is 0.112. The van der Waals surface area contributed by atoms with Crippen LogP contribution in [0.25, 0.3) is 10.2 Å². The molecular formula is C22H26N2OS2. The lowest BCUT2D eigenvalue weighted by atomic mass is 9.79. The highest BCUT2D eigenvalue weighted by Crippen LogP contribution is 2.43. The van der Waals surface area contributed by atoms with Gasteiger partial charge < -0.3 is 4.90 Å². The predicted octanol–water partition coefficient (Wildman–Crippen LogP) is 5.82. The third kappa shape index (κ3) is 4.36. The van der Waals surface area contributed by atoms with Gasteiger partial charge in [-0.25, -0.2) is 4.98 Å². The van der Waals surface area contributed by atoms with Gasteiger partial charge in [-0.2, -0.15) is 12.6 Å². The third-order valence-electron chi connectivity index (χ3n) is 5.11. The molecule has 0 saturated carbocycles. The topological polar surface area (TPSA) is 33.2 Å². The Hall–Kier alpha value is -1.85. The van der Waals surface area contributed by atoms with Crippen LogP contribution in [-0.4, -0.2) is 29.1 Å². The van der Waals surface area contributed by atoms with E-state index in [0.717, 1.165) is 36.1 Å². The highest BCUT2D eigenvalue weighted by Gasteiger charge is 2.35. The van der Waals surface area contributed by atoms with Crippen molar-refractivity contribution in [2.75, 3.05) is 17.2 Å². The van der Waals surface area contributed by atoms with Crippen LogP contribution in [0.5, 0.6) is 0 Å². The standard InChI is InChI=1S/C15H21NOS.C7H5NS/c1-11-9-15(2,3)16(6-7-18)14-5-4-12(10-17)8-13(11)14;1-2-4-7-6(3-1)8-5-9-7/h4-5,8,10-11,18H,6-7,9H2,1-3H3;1-5H.